The number of unbranched alkanes of at least 4 members (excludes halogenated alkanes) is 2. The molecule has 0 bridgehead atoms. The summed E-state index contributed by atoms with van der Waals surface area (Å²) >= 11 is 0. The zero-order chi connectivity index (χ0) is 40.9. The summed E-state index contributed by atoms with van der Waals surface area (Å²) in [6.07, 6.45) is 15.6. The van der Waals surface area contributed by atoms with Crippen LogP contribution in [0.4, 0.5) is 5.69 Å². The molecular weight excluding hydrogens is 708 g/mol. The molecule has 0 aromatic heterocycles. The number of ether oxygens (including phenoxy) is 4. The summed E-state index contributed by atoms with van der Waals surface area (Å²) in [5.74, 6) is 2.07. The molecule has 15 nitrogen and oxygen atoms in total. The largest absolute Gasteiger partial charge is 0.492 e. The first-order chi connectivity index (χ1) is 26.6. The van der Waals surface area contributed by atoms with Crippen molar-refractivity contribution >= 4 is 35.5 Å². The molecule has 0 fully saturated rings. The van der Waals surface area contributed by atoms with Gasteiger partial charge in [-0.15, -0.1) is 6.42 Å². The summed E-state index contributed by atoms with van der Waals surface area (Å²) < 4.78 is 21.3. The molecule has 0 aliphatic carbocycles. The van der Waals surface area contributed by atoms with E-state index in [1.165, 1.54) is 0 Å². The Morgan fingerprint density at radius 3 is 2.07 bits per heavy atom. The maximum absolute atomic E-state index is 12.7. The summed E-state index contributed by atoms with van der Waals surface area (Å²) in [5, 5.41) is 26.6. The van der Waals surface area contributed by atoms with Crippen molar-refractivity contribution in [3.8, 4) is 12.3 Å². The number of allylic oxidation sites excluding steroid dienone is 3. The highest BCUT2D eigenvalue weighted by Gasteiger charge is 2.10. The van der Waals surface area contributed by atoms with Crippen molar-refractivity contribution in [3.05, 3.63) is 65.2 Å². The van der Waals surface area contributed by atoms with Crippen molar-refractivity contribution in [2.75, 3.05) is 77.8 Å². The number of carboxylic acid groups (broad SMARTS) is 1. The molecule has 0 aliphatic heterocycles. The van der Waals surface area contributed by atoms with Crippen molar-refractivity contribution in [1.82, 2.24) is 10.6 Å². The maximum Gasteiger partial charge on any atom is 0.290 e. The predicted molar refractivity (Wildman–Crippen MR) is 217 cm³/mol. The Kier molecular flexibility index (Phi) is 31.6. The minimum absolute atomic E-state index is 0.104. The average molecular weight is 771 g/mol. The Hall–Kier alpha value is -5.01. The van der Waals surface area contributed by atoms with Gasteiger partial charge in [0.1, 0.15) is 12.3 Å². The van der Waals surface area contributed by atoms with E-state index in [0.29, 0.717) is 89.3 Å². The number of nitrogens with one attached hydrogen (secondary N) is 3. The number of carbonyl (C=O) groups is 3. The number of amides is 2. The van der Waals surface area contributed by atoms with Gasteiger partial charge in [0.15, 0.2) is 0 Å². The second-order valence-electron chi connectivity index (χ2n) is 11.7. The molecule has 1 aromatic carbocycles. The molecule has 2 amide bonds. The van der Waals surface area contributed by atoms with Crippen molar-refractivity contribution in [2.24, 2.45) is 15.7 Å². The molecule has 0 aliphatic rings. The summed E-state index contributed by atoms with van der Waals surface area (Å²) in [5.41, 5.74) is 8.91. The molecule has 15 heteroatoms. The summed E-state index contributed by atoms with van der Waals surface area (Å²) in [7, 11) is 0. The monoisotopic (exact) mass is 770 g/mol. The van der Waals surface area contributed by atoms with Crippen molar-refractivity contribution < 1.29 is 43.5 Å². The Morgan fingerprint density at radius 2 is 1.49 bits per heavy atom. The molecule has 0 heterocycles. The highest BCUT2D eigenvalue weighted by Crippen LogP contribution is 2.18. The van der Waals surface area contributed by atoms with Crippen molar-refractivity contribution in [2.45, 2.75) is 66.2 Å². The predicted octanol–water partition coefficient (Wildman–Crippen LogP) is 4.77. The van der Waals surface area contributed by atoms with Gasteiger partial charge in [-0.05, 0) is 69.0 Å². The van der Waals surface area contributed by atoms with Crippen LogP contribution in [0.25, 0.3) is 0 Å². The van der Waals surface area contributed by atoms with Crippen LogP contribution >= 0.6 is 0 Å². The van der Waals surface area contributed by atoms with E-state index in [1.54, 1.807) is 19.1 Å². The summed E-state index contributed by atoms with van der Waals surface area (Å²) in [4.78, 5) is 42.0. The zero-order valence-electron chi connectivity index (χ0n) is 32.9. The molecule has 0 radical (unpaired) electrons. The first-order valence-electron chi connectivity index (χ1n) is 18.5. The fourth-order valence-corrected chi connectivity index (χ4v) is 4.28. The van der Waals surface area contributed by atoms with E-state index in [9.17, 15) is 14.7 Å². The number of nitrogens with zero attached hydrogens (tertiary/aromatic N) is 2. The first kappa shape index (κ1) is 50.0. The number of anilines is 1. The first-order valence-corrected chi connectivity index (χ1v) is 18.5. The molecule has 1 aromatic rings. The van der Waals surface area contributed by atoms with Gasteiger partial charge in [0.2, 0.25) is 11.8 Å². The fraction of sp³-hybridized carbons (Fsp3) is 0.525. The topological polar surface area (TPSA) is 215 Å². The molecule has 0 saturated heterocycles. The molecule has 55 heavy (non-hydrogen) atoms. The van der Waals surface area contributed by atoms with Crippen LogP contribution in [0.5, 0.6) is 0 Å². The highest BCUT2D eigenvalue weighted by atomic mass is 16.6. The van der Waals surface area contributed by atoms with Crippen LogP contribution in [0.2, 0.25) is 0 Å². The number of amidine groups is 1. The molecule has 1 rings (SSSR count). The Balaban J connectivity index is 0.00000938. The van der Waals surface area contributed by atoms with E-state index in [2.05, 4.69) is 40.7 Å². The van der Waals surface area contributed by atoms with Crippen LogP contribution < -0.4 is 21.7 Å². The van der Waals surface area contributed by atoms with Gasteiger partial charge in [-0.1, -0.05) is 44.8 Å². The van der Waals surface area contributed by atoms with Crippen LogP contribution in [0.1, 0.15) is 76.6 Å². The minimum atomic E-state index is -0.250. The number of terminal acetylenes is 1. The average Bonchev–Trinajstić information content (AvgIpc) is 3.16. The second-order valence-corrected chi connectivity index (χ2v) is 11.7. The Bertz CT molecular complexity index is 1410. The van der Waals surface area contributed by atoms with Crippen LogP contribution in [-0.4, -0.2) is 113 Å². The molecule has 7 N–H and O–H groups in total. The lowest BCUT2D eigenvalue weighted by molar-refractivity contribution is -0.123. The van der Waals surface area contributed by atoms with Crippen LogP contribution in [-0.2, 0) is 28.5 Å². The lowest BCUT2D eigenvalue weighted by atomic mass is 10.1. The normalized spacial score (nSPS) is 12.3. The number of aliphatic imine (C=N–C) groups is 2. The van der Waals surface area contributed by atoms with Gasteiger partial charge in [0, 0.05) is 30.8 Å². The number of carbonyl (C=O) groups excluding carboxylic acids is 2. The Labute approximate surface area is 326 Å². The van der Waals surface area contributed by atoms with Crippen molar-refractivity contribution in [1.29, 1.82) is 0 Å². The van der Waals surface area contributed by atoms with Gasteiger partial charge in [0.25, 0.3) is 12.4 Å². The van der Waals surface area contributed by atoms with Crippen LogP contribution in [0.15, 0.2) is 69.6 Å². The third kappa shape index (κ3) is 28.1. The molecule has 0 unspecified atom stereocenters. The number of aliphatic hydroxyl groups excluding tert-OH is 1. The SMILES string of the molecule is C#CCOCCOCCOCCOCCNC(=O)CCCNC(=O)c1ccc(NCC(\C=C\CCC)=N/C(=C(O)/N=C(\C)N)C(/C)=C/CCC)cc1.O=CO. The van der Waals surface area contributed by atoms with Crippen LogP contribution in [0.3, 0.4) is 0 Å². The van der Waals surface area contributed by atoms with Crippen molar-refractivity contribution in [3.63, 3.8) is 0 Å². The number of hydrogen-bond acceptors (Lipinski definition) is 11. The molecule has 306 valence electrons. The molecular formula is C40H62N6O9. The van der Waals surface area contributed by atoms with Gasteiger partial charge < -0.3 is 50.8 Å². The Morgan fingerprint density at radius 1 is 0.891 bits per heavy atom. The number of hydrogen-bond donors (Lipinski definition) is 6. The van der Waals surface area contributed by atoms with E-state index < -0.39 is 0 Å². The molecule has 0 atom stereocenters. The molecule has 0 saturated carbocycles. The van der Waals surface area contributed by atoms with E-state index in [-0.39, 0.29) is 43.0 Å². The van der Waals surface area contributed by atoms with Gasteiger partial charge in [-0.2, -0.15) is 4.99 Å². The number of nitrogens with two attached hydrogens (primary N) is 1. The van der Waals surface area contributed by atoms with Gasteiger partial charge >= 0.3 is 0 Å². The van der Waals surface area contributed by atoms with E-state index in [1.807, 2.05) is 37.3 Å². The van der Waals surface area contributed by atoms with Gasteiger partial charge in [-0.25, -0.2) is 4.99 Å². The van der Waals surface area contributed by atoms with Crippen LogP contribution in [0, 0.1) is 12.3 Å². The van der Waals surface area contributed by atoms with E-state index in [4.69, 9.17) is 46.0 Å². The number of aliphatic hydroxyl groups is 1. The standard InChI is InChI=1S/C39H60N6O7.CH2O2/c1-6-9-11-14-35(45-37(31(4)13-10-7-2)39(48)44-32(5)40)30-43-34-18-16-33(17-19-34)38(47)42-20-12-15-36(46)41-21-23-50-25-27-52-29-28-51-26-24-49-22-8-3;2-1-3/h3,11,13-14,16-19,43,48H,6-7,9-10,12,15,20-30H2,1-2,4-5H3,(H2,40,44)(H,41,46)(H,42,47);1H,(H,2,3)/b14-11+,31-13+,39-37-,45-35-;. The number of benzene rings is 1. The lowest BCUT2D eigenvalue weighted by Crippen LogP contribution is -2.29. The van der Waals surface area contributed by atoms with Gasteiger partial charge in [0.05, 0.1) is 64.3 Å². The zero-order valence-corrected chi connectivity index (χ0v) is 32.9. The van der Waals surface area contributed by atoms with E-state index >= 15 is 0 Å². The second kappa shape index (κ2) is 34.7. The lowest BCUT2D eigenvalue weighted by Gasteiger charge is -2.11. The minimum Gasteiger partial charge on any atom is -0.492 e. The fourth-order valence-electron chi connectivity index (χ4n) is 4.28. The third-order valence-corrected chi connectivity index (χ3v) is 6.98. The summed E-state index contributed by atoms with van der Waals surface area (Å²) in [6, 6.07) is 7.12. The highest BCUT2D eigenvalue weighted by molar-refractivity contribution is 5.99. The maximum atomic E-state index is 12.7. The smallest absolute Gasteiger partial charge is 0.290 e. The summed E-state index contributed by atoms with van der Waals surface area (Å²) in [6.45, 7) is 11.9. The third-order valence-electron chi connectivity index (χ3n) is 6.98. The van der Waals surface area contributed by atoms with E-state index in [0.717, 1.165) is 36.9 Å². The van der Waals surface area contributed by atoms with Gasteiger partial charge in [-0.3, -0.25) is 14.4 Å². The molecule has 0 spiro atoms. The number of rotatable bonds is 29. The quantitative estimate of drug-likeness (QED) is 0.0124.